The van der Waals surface area contributed by atoms with Crippen LogP contribution < -0.4 is 0 Å². The Morgan fingerprint density at radius 1 is 0.943 bits per heavy atom. The highest BCUT2D eigenvalue weighted by Gasteiger charge is 2.30. The van der Waals surface area contributed by atoms with Crippen LogP contribution in [-0.4, -0.2) is 61.8 Å². The van der Waals surface area contributed by atoms with E-state index in [-0.39, 0.29) is 11.9 Å². The first kappa shape index (κ1) is 23.0. The largest absolute Gasteiger partial charge is 0.337 e. The third-order valence-corrected chi connectivity index (χ3v) is 6.76. The molecule has 8 nitrogen and oxygen atoms in total. The number of aromatic nitrogens is 4. The van der Waals surface area contributed by atoms with Gasteiger partial charge in [0.1, 0.15) is 0 Å². The average molecular weight is 471 g/mol. The topological polar surface area (TPSA) is 80.3 Å². The molecule has 1 aliphatic heterocycles. The Balaban J connectivity index is 1.25. The standard InChI is InChI=1S/C27H30N6O2/c1-18-10-12-22(13-11-18)25-28-26(35-30-25)21(4)31-14-16-32(17-15-31)27(34)24-19(2)29-33(20(24)3)23-8-6-5-7-9-23/h5-13,21H,14-17H2,1-4H3. The van der Waals surface area contributed by atoms with Crippen LogP contribution in [0.3, 0.4) is 0 Å². The first-order valence-corrected chi connectivity index (χ1v) is 12.0. The van der Waals surface area contributed by atoms with Gasteiger partial charge in [0, 0.05) is 31.7 Å². The van der Waals surface area contributed by atoms with E-state index in [1.54, 1.807) is 0 Å². The number of amides is 1. The van der Waals surface area contributed by atoms with Crippen LogP contribution >= 0.6 is 0 Å². The van der Waals surface area contributed by atoms with Crippen molar-refractivity contribution in [1.29, 1.82) is 0 Å². The van der Waals surface area contributed by atoms with E-state index in [1.807, 2.05) is 78.0 Å². The quantitative estimate of drug-likeness (QED) is 0.431. The molecule has 1 atom stereocenters. The fourth-order valence-electron chi connectivity index (χ4n) is 4.62. The molecular formula is C27H30N6O2. The number of carbonyl (C=O) groups is 1. The van der Waals surface area contributed by atoms with Gasteiger partial charge in [-0.3, -0.25) is 9.69 Å². The smallest absolute Gasteiger partial charge is 0.257 e. The summed E-state index contributed by atoms with van der Waals surface area (Å²) in [5, 5.41) is 8.82. The van der Waals surface area contributed by atoms with E-state index in [9.17, 15) is 4.79 Å². The fourth-order valence-corrected chi connectivity index (χ4v) is 4.62. The minimum Gasteiger partial charge on any atom is -0.337 e. The molecule has 2 aromatic carbocycles. The van der Waals surface area contributed by atoms with E-state index in [4.69, 9.17) is 4.52 Å². The molecule has 5 rings (SSSR count). The van der Waals surface area contributed by atoms with Gasteiger partial charge in [-0.15, -0.1) is 0 Å². The molecule has 0 bridgehead atoms. The fraction of sp³-hybridized carbons (Fsp3) is 0.333. The summed E-state index contributed by atoms with van der Waals surface area (Å²) >= 11 is 0. The lowest BCUT2D eigenvalue weighted by atomic mass is 10.1. The highest BCUT2D eigenvalue weighted by molar-refractivity contribution is 5.96. The highest BCUT2D eigenvalue weighted by atomic mass is 16.5. The van der Waals surface area contributed by atoms with Gasteiger partial charge in [0.2, 0.25) is 11.7 Å². The van der Waals surface area contributed by atoms with Crippen LogP contribution in [0.4, 0.5) is 0 Å². The van der Waals surface area contributed by atoms with Crippen LogP contribution in [0.1, 0.15) is 46.2 Å². The summed E-state index contributed by atoms with van der Waals surface area (Å²) in [5.74, 6) is 1.23. The Labute approximate surface area is 205 Å². The molecule has 4 aromatic rings. The van der Waals surface area contributed by atoms with E-state index in [0.717, 1.165) is 35.7 Å². The monoisotopic (exact) mass is 470 g/mol. The van der Waals surface area contributed by atoms with Crippen molar-refractivity contribution in [1.82, 2.24) is 29.7 Å². The number of aryl methyl sites for hydroxylation is 2. The Hall–Kier alpha value is -3.78. The molecule has 1 unspecified atom stereocenters. The van der Waals surface area contributed by atoms with E-state index in [2.05, 4.69) is 34.0 Å². The Bertz CT molecular complexity index is 1320. The van der Waals surface area contributed by atoms with Crippen LogP contribution in [-0.2, 0) is 0 Å². The third kappa shape index (κ3) is 4.49. The lowest BCUT2D eigenvalue weighted by Crippen LogP contribution is -2.49. The molecule has 1 amide bonds. The van der Waals surface area contributed by atoms with Gasteiger partial charge in [0.15, 0.2) is 0 Å². The van der Waals surface area contributed by atoms with Crippen molar-refractivity contribution in [3.8, 4) is 17.1 Å². The van der Waals surface area contributed by atoms with Crippen LogP contribution in [0.5, 0.6) is 0 Å². The number of rotatable bonds is 5. The van der Waals surface area contributed by atoms with E-state index in [1.165, 1.54) is 5.56 Å². The van der Waals surface area contributed by atoms with Crippen molar-refractivity contribution in [3.63, 3.8) is 0 Å². The number of benzene rings is 2. The third-order valence-electron chi connectivity index (χ3n) is 6.76. The minimum absolute atomic E-state index is 0.0248. The molecule has 1 fully saturated rings. The van der Waals surface area contributed by atoms with Gasteiger partial charge in [-0.1, -0.05) is 53.2 Å². The zero-order valence-corrected chi connectivity index (χ0v) is 20.6. The Kier molecular flexibility index (Phi) is 6.21. The molecule has 1 saturated heterocycles. The van der Waals surface area contributed by atoms with E-state index < -0.39 is 0 Å². The van der Waals surface area contributed by atoms with Gasteiger partial charge < -0.3 is 9.42 Å². The molecule has 8 heteroatoms. The van der Waals surface area contributed by atoms with Crippen molar-refractivity contribution in [3.05, 3.63) is 83.0 Å². The minimum atomic E-state index is -0.0248. The number of hydrogen-bond donors (Lipinski definition) is 0. The number of hydrogen-bond acceptors (Lipinski definition) is 6. The normalized spacial score (nSPS) is 15.4. The van der Waals surface area contributed by atoms with Crippen molar-refractivity contribution in [2.45, 2.75) is 33.7 Å². The predicted molar refractivity (Wildman–Crippen MR) is 133 cm³/mol. The van der Waals surface area contributed by atoms with E-state index in [0.29, 0.717) is 30.4 Å². The zero-order chi connectivity index (χ0) is 24.5. The molecule has 1 aliphatic rings. The van der Waals surface area contributed by atoms with Gasteiger partial charge in [0.25, 0.3) is 5.91 Å². The predicted octanol–water partition coefficient (Wildman–Crippen LogP) is 4.37. The molecule has 180 valence electrons. The summed E-state index contributed by atoms with van der Waals surface area (Å²) in [4.78, 5) is 22.3. The van der Waals surface area contributed by atoms with E-state index >= 15 is 0 Å². The van der Waals surface area contributed by atoms with Gasteiger partial charge in [-0.2, -0.15) is 10.1 Å². The molecule has 0 aliphatic carbocycles. The molecule has 0 spiro atoms. The summed E-state index contributed by atoms with van der Waals surface area (Å²) in [7, 11) is 0. The molecule has 0 N–H and O–H groups in total. The van der Waals surface area contributed by atoms with Crippen LogP contribution in [0.2, 0.25) is 0 Å². The van der Waals surface area contributed by atoms with Gasteiger partial charge in [0.05, 0.1) is 28.7 Å². The second-order valence-corrected chi connectivity index (χ2v) is 9.12. The number of piperazine rings is 1. The van der Waals surface area contributed by atoms with Crippen LogP contribution in [0.15, 0.2) is 59.1 Å². The molecule has 0 radical (unpaired) electrons. The molecular weight excluding hydrogens is 440 g/mol. The maximum Gasteiger partial charge on any atom is 0.257 e. The highest BCUT2D eigenvalue weighted by Crippen LogP contribution is 2.25. The molecule has 0 saturated carbocycles. The summed E-state index contributed by atoms with van der Waals surface area (Å²) in [6, 6.07) is 18.0. The number of para-hydroxylation sites is 1. The summed E-state index contributed by atoms with van der Waals surface area (Å²) < 4.78 is 7.44. The lowest BCUT2D eigenvalue weighted by Gasteiger charge is -2.36. The first-order valence-electron chi connectivity index (χ1n) is 12.0. The second-order valence-electron chi connectivity index (χ2n) is 9.12. The summed E-state index contributed by atoms with van der Waals surface area (Å²) in [6.07, 6.45) is 0. The lowest BCUT2D eigenvalue weighted by molar-refractivity contribution is 0.0550. The number of carbonyl (C=O) groups excluding carboxylic acids is 1. The van der Waals surface area contributed by atoms with Crippen LogP contribution in [0, 0.1) is 20.8 Å². The van der Waals surface area contributed by atoms with Crippen molar-refractivity contribution >= 4 is 5.91 Å². The average Bonchev–Trinajstić information content (AvgIpc) is 3.49. The Morgan fingerprint density at radius 2 is 1.63 bits per heavy atom. The Morgan fingerprint density at radius 3 is 2.31 bits per heavy atom. The SMILES string of the molecule is Cc1ccc(-c2noc(C(C)N3CCN(C(=O)c4c(C)nn(-c5ccccc5)c4C)CC3)n2)cc1. The van der Waals surface area contributed by atoms with Gasteiger partial charge in [-0.25, -0.2) is 4.68 Å². The maximum absolute atomic E-state index is 13.4. The van der Waals surface area contributed by atoms with Crippen LogP contribution in [0.25, 0.3) is 17.1 Å². The zero-order valence-electron chi connectivity index (χ0n) is 20.6. The van der Waals surface area contributed by atoms with Gasteiger partial charge in [-0.05, 0) is 39.8 Å². The van der Waals surface area contributed by atoms with Gasteiger partial charge >= 0.3 is 0 Å². The molecule has 2 aromatic heterocycles. The molecule has 3 heterocycles. The molecule has 35 heavy (non-hydrogen) atoms. The number of nitrogens with zero attached hydrogens (tertiary/aromatic N) is 6. The summed E-state index contributed by atoms with van der Waals surface area (Å²) in [5.41, 5.74) is 5.39. The maximum atomic E-state index is 13.4. The summed E-state index contributed by atoms with van der Waals surface area (Å²) in [6.45, 7) is 10.7. The second kappa shape index (κ2) is 9.46. The first-order chi connectivity index (χ1) is 16.9. The van der Waals surface area contributed by atoms with Crippen molar-refractivity contribution in [2.24, 2.45) is 0 Å². The van der Waals surface area contributed by atoms with Crippen molar-refractivity contribution in [2.75, 3.05) is 26.2 Å². The van der Waals surface area contributed by atoms with Crippen molar-refractivity contribution < 1.29 is 9.32 Å².